The predicted octanol–water partition coefficient (Wildman–Crippen LogP) is 7.32. The summed E-state index contributed by atoms with van der Waals surface area (Å²) in [5.41, 5.74) is 3.31. The molecule has 0 amide bonds. The molecule has 1 heterocycles. The number of allylic oxidation sites excluding steroid dienone is 4. The van der Waals surface area contributed by atoms with Crippen molar-refractivity contribution in [3.63, 3.8) is 0 Å². The van der Waals surface area contributed by atoms with Crippen molar-refractivity contribution in [2.75, 3.05) is 0 Å². The fourth-order valence-electron chi connectivity index (χ4n) is 4.25. The highest BCUT2D eigenvalue weighted by Crippen LogP contribution is 2.40. The van der Waals surface area contributed by atoms with E-state index in [1.165, 1.54) is 12.5 Å². The van der Waals surface area contributed by atoms with Gasteiger partial charge in [0.15, 0.2) is 5.78 Å². The van der Waals surface area contributed by atoms with Crippen LogP contribution >= 0.6 is 0 Å². The molecule has 1 aliphatic heterocycles. The largest absolute Gasteiger partial charge is 0.487 e. The summed E-state index contributed by atoms with van der Waals surface area (Å²) in [6.45, 7) is 14.0. The zero-order valence-electron chi connectivity index (χ0n) is 21.6. The molecule has 0 bridgehead atoms. The van der Waals surface area contributed by atoms with Gasteiger partial charge in [-0.05, 0) is 101 Å². The van der Waals surface area contributed by atoms with Crippen molar-refractivity contribution in [2.45, 2.75) is 99.0 Å². The van der Waals surface area contributed by atoms with Gasteiger partial charge in [0.05, 0.1) is 0 Å². The van der Waals surface area contributed by atoms with Gasteiger partial charge in [-0.3, -0.25) is 9.59 Å². The summed E-state index contributed by atoms with van der Waals surface area (Å²) < 4.78 is 11.7. The van der Waals surface area contributed by atoms with Gasteiger partial charge in [-0.25, -0.2) is 0 Å². The zero-order chi connectivity index (χ0) is 24.6. The van der Waals surface area contributed by atoms with Crippen LogP contribution in [0.15, 0.2) is 35.9 Å². The molecule has 1 aromatic rings. The highest BCUT2D eigenvalue weighted by atomic mass is 16.5. The first kappa shape index (κ1) is 26.9. The molecule has 0 saturated heterocycles. The number of hydrogen-bond acceptors (Lipinski definition) is 4. The molecule has 0 N–H and O–H groups in total. The van der Waals surface area contributed by atoms with Crippen molar-refractivity contribution in [1.82, 2.24) is 0 Å². The highest BCUT2D eigenvalue weighted by Gasteiger charge is 2.32. The maximum Gasteiger partial charge on any atom is 0.308 e. The first-order chi connectivity index (χ1) is 15.5. The predicted molar refractivity (Wildman–Crippen MR) is 135 cm³/mol. The lowest BCUT2D eigenvalue weighted by atomic mass is 9.87. The second kappa shape index (κ2) is 12.2. The van der Waals surface area contributed by atoms with Crippen molar-refractivity contribution >= 4 is 11.8 Å². The molecule has 0 aromatic heterocycles. The quantitative estimate of drug-likeness (QED) is 0.152. The Balaban J connectivity index is 1.82. The minimum Gasteiger partial charge on any atom is -0.487 e. The standard InChI is InChI=1S/C29H42O4/c1-20(2)13-14-27(31)22(4)12-8-10-21(3)11-9-16-29(7)17-15-25-19-26(32-24(6)30)18-23(5)28(25)33-29/h11,13-14,18-20,22H,8-10,12,15-17H2,1-7H3/b14-13+,21-11+/t22-,29+/m0/s1. The number of aryl methyl sites for hydroxylation is 2. The van der Waals surface area contributed by atoms with Gasteiger partial charge in [-0.2, -0.15) is 0 Å². The molecule has 0 fully saturated rings. The van der Waals surface area contributed by atoms with Crippen LogP contribution in [-0.2, 0) is 16.0 Å². The van der Waals surface area contributed by atoms with E-state index in [2.05, 4.69) is 33.8 Å². The Bertz CT molecular complexity index is 893. The van der Waals surface area contributed by atoms with Crippen LogP contribution in [0.2, 0.25) is 0 Å². The number of ketones is 1. The average molecular weight is 455 g/mol. The molecule has 0 spiro atoms. The minimum absolute atomic E-state index is 0.0898. The lowest BCUT2D eigenvalue weighted by Crippen LogP contribution is -2.36. The third-order valence-electron chi connectivity index (χ3n) is 6.36. The Morgan fingerprint density at radius 3 is 2.61 bits per heavy atom. The summed E-state index contributed by atoms with van der Waals surface area (Å²) in [4.78, 5) is 23.4. The van der Waals surface area contributed by atoms with E-state index in [1.807, 2.05) is 32.1 Å². The molecule has 33 heavy (non-hydrogen) atoms. The topological polar surface area (TPSA) is 52.6 Å². The number of fused-ring (bicyclic) bond motifs is 1. The number of rotatable bonds is 11. The molecular formula is C29H42O4. The molecular weight excluding hydrogens is 412 g/mol. The van der Waals surface area contributed by atoms with E-state index in [0.29, 0.717) is 11.7 Å². The highest BCUT2D eigenvalue weighted by molar-refractivity contribution is 5.91. The monoisotopic (exact) mass is 454 g/mol. The number of hydrogen-bond donors (Lipinski definition) is 0. The number of carbonyl (C=O) groups excluding carboxylic acids is 2. The summed E-state index contributed by atoms with van der Waals surface area (Å²) in [5, 5.41) is 0. The summed E-state index contributed by atoms with van der Waals surface area (Å²) in [5.74, 6) is 1.97. The maximum absolute atomic E-state index is 12.1. The molecule has 0 saturated carbocycles. The van der Waals surface area contributed by atoms with Crippen LogP contribution in [0.1, 0.15) is 91.2 Å². The molecule has 182 valence electrons. The van der Waals surface area contributed by atoms with Crippen LogP contribution in [-0.4, -0.2) is 17.4 Å². The second-order valence-electron chi connectivity index (χ2n) is 10.3. The Morgan fingerprint density at radius 1 is 1.21 bits per heavy atom. The van der Waals surface area contributed by atoms with E-state index in [9.17, 15) is 9.59 Å². The van der Waals surface area contributed by atoms with E-state index in [1.54, 1.807) is 6.08 Å². The number of carbonyl (C=O) groups is 2. The van der Waals surface area contributed by atoms with Crippen LogP contribution in [0.5, 0.6) is 11.5 Å². The summed E-state index contributed by atoms with van der Waals surface area (Å²) in [6.07, 6.45) is 12.9. The smallest absolute Gasteiger partial charge is 0.308 e. The van der Waals surface area contributed by atoms with Crippen LogP contribution in [0.4, 0.5) is 0 Å². The summed E-state index contributed by atoms with van der Waals surface area (Å²) in [6, 6.07) is 3.80. The Morgan fingerprint density at radius 2 is 1.94 bits per heavy atom. The Kier molecular flexibility index (Phi) is 9.94. The van der Waals surface area contributed by atoms with Crippen molar-refractivity contribution in [1.29, 1.82) is 0 Å². The first-order valence-corrected chi connectivity index (χ1v) is 12.4. The lowest BCUT2D eigenvalue weighted by molar-refractivity contribution is -0.131. The SMILES string of the molecule is CC(=O)Oc1cc(C)c2c(c1)CC[C@@](C)(CC/C=C(\C)CCC[C@H](C)C(=O)/C=C/C(C)C)O2. The van der Waals surface area contributed by atoms with Crippen molar-refractivity contribution in [3.8, 4) is 11.5 Å². The van der Waals surface area contributed by atoms with E-state index in [-0.39, 0.29) is 23.3 Å². The second-order valence-corrected chi connectivity index (χ2v) is 10.3. The first-order valence-electron chi connectivity index (χ1n) is 12.4. The number of ether oxygens (including phenoxy) is 2. The third-order valence-corrected chi connectivity index (χ3v) is 6.36. The molecule has 1 aliphatic rings. The van der Waals surface area contributed by atoms with Crippen molar-refractivity contribution < 1.29 is 19.1 Å². The molecule has 4 heteroatoms. The van der Waals surface area contributed by atoms with Gasteiger partial charge >= 0.3 is 5.97 Å². The van der Waals surface area contributed by atoms with Crippen molar-refractivity contribution in [3.05, 3.63) is 47.1 Å². The van der Waals surface area contributed by atoms with E-state index >= 15 is 0 Å². The molecule has 0 radical (unpaired) electrons. The molecule has 1 aromatic carbocycles. The minimum atomic E-state index is -0.304. The van der Waals surface area contributed by atoms with Crippen LogP contribution in [0, 0.1) is 18.8 Å². The van der Waals surface area contributed by atoms with Gasteiger partial charge in [-0.1, -0.05) is 38.5 Å². The van der Waals surface area contributed by atoms with Gasteiger partial charge < -0.3 is 9.47 Å². The Hall–Kier alpha value is -2.36. The average Bonchev–Trinajstić information content (AvgIpc) is 2.72. The third kappa shape index (κ3) is 8.83. The maximum atomic E-state index is 12.1. The van der Waals surface area contributed by atoms with E-state index < -0.39 is 0 Å². The molecule has 0 unspecified atom stereocenters. The summed E-state index contributed by atoms with van der Waals surface area (Å²) >= 11 is 0. The fraction of sp³-hybridized carbons (Fsp3) is 0.586. The van der Waals surface area contributed by atoms with E-state index in [0.717, 1.165) is 61.8 Å². The molecule has 4 nitrogen and oxygen atoms in total. The lowest BCUT2D eigenvalue weighted by Gasteiger charge is -2.37. The van der Waals surface area contributed by atoms with Gasteiger partial charge in [0.2, 0.25) is 0 Å². The van der Waals surface area contributed by atoms with Crippen molar-refractivity contribution in [2.24, 2.45) is 11.8 Å². The van der Waals surface area contributed by atoms with Gasteiger partial charge in [0.25, 0.3) is 0 Å². The van der Waals surface area contributed by atoms with Gasteiger partial charge in [0, 0.05) is 12.8 Å². The molecule has 2 rings (SSSR count). The van der Waals surface area contributed by atoms with Gasteiger partial charge in [0.1, 0.15) is 17.1 Å². The van der Waals surface area contributed by atoms with Gasteiger partial charge in [-0.15, -0.1) is 0 Å². The number of benzene rings is 1. The molecule has 2 atom stereocenters. The normalized spacial score (nSPS) is 19.3. The summed E-state index contributed by atoms with van der Waals surface area (Å²) in [7, 11) is 0. The van der Waals surface area contributed by atoms with E-state index in [4.69, 9.17) is 9.47 Å². The Labute approximate surface area is 200 Å². The van der Waals surface area contributed by atoms with Crippen LogP contribution in [0.25, 0.3) is 0 Å². The zero-order valence-corrected chi connectivity index (χ0v) is 21.6. The number of esters is 1. The fourth-order valence-corrected chi connectivity index (χ4v) is 4.25. The van der Waals surface area contributed by atoms with Crippen LogP contribution in [0.3, 0.4) is 0 Å². The molecule has 0 aliphatic carbocycles. The van der Waals surface area contributed by atoms with Crippen LogP contribution < -0.4 is 9.47 Å².